The van der Waals surface area contributed by atoms with E-state index < -0.39 is 23.4 Å². The summed E-state index contributed by atoms with van der Waals surface area (Å²) in [7, 11) is 3.05. The summed E-state index contributed by atoms with van der Waals surface area (Å²) in [6.45, 7) is 0.202. The van der Waals surface area contributed by atoms with Gasteiger partial charge in [-0.05, 0) is 30.3 Å². The highest BCUT2D eigenvalue weighted by molar-refractivity contribution is 5.99. The van der Waals surface area contributed by atoms with Crippen LogP contribution in [-0.4, -0.2) is 50.8 Å². The number of esters is 1. The normalized spacial score (nSPS) is 10.1. The lowest BCUT2D eigenvalue weighted by Gasteiger charge is -2.12. The minimum absolute atomic E-state index is 0.0486. The van der Waals surface area contributed by atoms with E-state index in [9.17, 15) is 19.7 Å². The molecule has 0 fully saturated rings. The number of nitrogens with one attached hydrogen (secondary N) is 2. The van der Waals surface area contributed by atoms with Gasteiger partial charge in [0.2, 0.25) is 0 Å². The first-order chi connectivity index (χ1) is 13.9. The van der Waals surface area contributed by atoms with Crippen molar-refractivity contribution in [3.05, 3.63) is 58.1 Å². The average molecular weight is 403 g/mol. The fourth-order valence-electron chi connectivity index (χ4n) is 2.34. The van der Waals surface area contributed by atoms with Gasteiger partial charge in [0.05, 0.1) is 24.2 Å². The van der Waals surface area contributed by atoms with Gasteiger partial charge in [0, 0.05) is 37.2 Å². The van der Waals surface area contributed by atoms with E-state index in [0.717, 1.165) is 6.07 Å². The number of benzene rings is 2. The van der Waals surface area contributed by atoms with E-state index in [1.165, 1.54) is 26.4 Å². The van der Waals surface area contributed by atoms with Crippen LogP contribution < -0.4 is 15.4 Å². The maximum Gasteiger partial charge on any atom is 0.341 e. The fraction of sp³-hybridized carbons (Fsp3) is 0.263. The molecule has 0 aliphatic rings. The van der Waals surface area contributed by atoms with E-state index in [1.54, 1.807) is 24.3 Å². The molecule has 0 bridgehead atoms. The molecule has 0 atom stereocenters. The van der Waals surface area contributed by atoms with Gasteiger partial charge >= 0.3 is 5.97 Å². The lowest BCUT2D eigenvalue weighted by Crippen LogP contribution is -2.21. The van der Waals surface area contributed by atoms with Crippen LogP contribution in [0.2, 0.25) is 0 Å². The van der Waals surface area contributed by atoms with Gasteiger partial charge in [-0.1, -0.05) is 0 Å². The topological polar surface area (TPSA) is 129 Å². The second kappa shape index (κ2) is 10.6. The molecular weight excluding hydrogens is 382 g/mol. The zero-order valence-electron chi connectivity index (χ0n) is 16.0. The Morgan fingerprint density at radius 1 is 1.10 bits per heavy atom. The van der Waals surface area contributed by atoms with Gasteiger partial charge < -0.3 is 24.8 Å². The molecule has 0 radical (unpaired) electrons. The number of amides is 1. The van der Waals surface area contributed by atoms with Crippen molar-refractivity contribution in [1.82, 2.24) is 0 Å². The zero-order valence-corrected chi connectivity index (χ0v) is 16.0. The molecule has 0 saturated heterocycles. The first-order valence-corrected chi connectivity index (χ1v) is 8.57. The first-order valence-electron chi connectivity index (χ1n) is 8.57. The zero-order chi connectivity index (χ0) is 21.2. The predicted molar refractivity (Wildman–Crippen MR) is 105 cm³/mol. The number of nitro groups is 1. The van der Waals surface area contributed by atoms with Crippen LogP contribution in [0.5, 0.6) is 5.75 Å². The van der Waals surface area contributed by atoms with Crippen molar-refractivity contribution in [2.75, 3.05) is 44.6 Å². The third-order valence-corrected chi connectivity index (χ3v) is 3.76. The smallest absolute Gasteiger partial charge is 0.341 e. The Morgan fingerprint density at radius 2 is 1.83 bits per heavy atom. The monoisotopic (exact) mass is 403 g/mol. The molecule has 29 heavy (non-hydrogen) atoms. The number of carbonyl (C=O) groups is 2. The molecule has 10 nitrogen and oxygen atoms in total. The Balaban J connectivity index is 2.02. The van der Waals surface area contributed by atoms with Crippen LogP contribution in [0.3, 0.4) is 0 Å². The highest BCUT2D eigenvalue weighted by Crippen LogP contribution is 2.23. The third kappa shape index (κ3) is 6.47. The van der Waals surface area contributed by atoms with Crippen LogP contribution in [0, 0.1) is 10.1 Å². The van der Waals surface area contributed by atoms with Crippen LogP contribution in [0.1, 0.15) is 10.4 Å². The number of carbonyl (C=O) groups excluding carboxylic acids is 2. The number of hydrogen-bond acceptors (Lipinski definition) is 8. The quantitative estimate of drug-likeness (QED) is 0.268. The van der Waals surface area contributed by atoms with Crippen molar-refractivity contribution in [3.8, 4) is 5.75 Å². The molecule has 2 aromatic carbocycles. The molecule has 10 heteroatoms. The summed E-state index contributed by atoms with van der Waals surface area (Å²) in [6, 6.07) is 10.4. The molecule has 0 aliphatic carbocycles. The Hall–Kier alpha value is -3.66. The van der Waals surface area contributed by atoms with E-state index in [-0.39, 0.29) is 11.3 Å². The fourth-order valence-corrected chi connectivity index (χ4v) is 2.34. The van der Waals surface area contributed by atoms with Gasteiger partial charge in [0.25, 0.3) is 11.6 Å². The van der Waals surface area contributed by atoms with E-state index in [1.807, 2.05) is 0 Å². The van der Waals surface area contributed by atoms with Crippen LogP contribution in [0.15, 0.2) is 42.5 Å². The summed E-state index contributed by atoms with van der Waals surface area (Å²) in [5.74, 6) is -0.782. The number of non-ortho nitro benzene ring substituents is 1. The van der Waals surface area contributed by atoms with Crippen LogP contribution in [0.25, 0.3) is 0 Å². The number of hydrogen-bond donors (Lipinski definition) is 2. The molecule has 0 spiro atoms. The minimum atomic E-state index is -0.863. The molecule has 0 aliphatic heterocycles. The van der Waals surface area contributed by atoms with Gasteiger partial charge in [-0.2, -0.15) is 0 Å². The highest BCUT2D eigenvalue weighted by atomic mass is 16.6. The third-order valence-electron chi connectivity index (χ3n) is 3.76. The van der Waals surface area contributed by atoms with Crippen molar-refractivity contribution in [2.24, 2.45) is 0 Å². The predicted octanol–water partition coefficient (Wildman–Crippen LogP) is 2.46. The van der Waals surface area contributed by atoms with E-state index in [4.69, 9.17) is 14.2 Å². The SMILES string of the molecule is COCCNc1ccc([N+](=O)[O-])cc1C(=O)OCC(=O)Nc1ccc(OC)cc1. The maximum atomic E-state index is 12.4. The second-order valence-corrected chi connectivity index (χ2v) is 5.76. The summed E-state index contributed by atoms with van der Waals surface area (Å²) in [4.78, 5) is 34.8. The van der Waals surface area contributed by atoms with Crippen LogP contribution in [-0.2, 0) is 14.3 Å². The molecule has 2 N–H and O–H groups in total. The molecular formula is C19H21N3O7. The van der Waals surface area contributed by atoms with Gasteiger partial charge in [-0.3, -0.25) is 14.9 Å². The molecule has 0 aromatic heterocycles. The lowest BCUT2D eigenvalue weighted by molar-refractivity contribution is -0.384. The Bertz CT molecular complexity index is 869. The number of methoxy groups -OCH3 is 2. The largest absolute Gasteiger partial charge is 0.497 e. The standard InChI is InChI=1S/C19H21N3O7/c1-27-10-9-20-17-8-5-14(22(25)26)11-16(17)19(24)29-12-18(23)21-13-3-6-15(28-2)7-4-13/h3-8,11,20H,9-10,12H2,1-2H3,(H,21,23). The molecule has 0 saturated carbocycles. The molecule has 2 rings (SSSR count). The Labute approximate surface area is 166 Å². The van der Waals surface area contributed by atoms with E-state index >= 15 is 0 Å². The van der Waals surface area contributed by atoms with E-state index in [2.05, 4.69) is 10.6 Å². The molecule has 2 aromatic rings. The number of anilines is 2. The molecule has 154 valence electrons. The minimum Gasteiger partial charge on any atom is -0.497 e. The van der Waals surface area contributed by atoms with Crippen LogP contribution >= 0.6 is 0 Å². The lowest BCUT2D eigenvalue weighted by atomic mass is 10.1. The molecule has 0 heterocycles. The Kier molecular flexibility index (Phi) is 7.92. The molecule has 1 amide bonds. The maximum absolute atomic E-state index is 12.4. The summed E-state index contributed by atoms with van der Waals surface area (Å²) >= 11 is 0. The summed E-state index contributed by atoms with van der Waals surface area (Å²) in [5.41, 5.74) is 0.529. The number of ether oxygens (including phenoxy) is 3. The first kappa shape index (κ1) is 21.6. The summed E-state index contributed by atoms with van der Waals surface area (Å²) in [5, 5.41) is 16.5. The van der Waals surface area contributed by atoms with Gasteiger partial charge in [-0.15, -0.1) is 0 Å². The van der Waals surface area contributed by atoms with Crippen molar-refractivity contribution < 1.29 is 28.7 Å². The number of nitro benzene ring substituents is 1. The summed E-state index contributed by atoms with van der Waals surface area (Å²) < 4.78 is 15.0. The average Bonchev–Trinajstić information content (AvgIpc) is 2.72. The van der Waals surface area contributed by atoms with Crippen LogP contribution in [0.4, 0.5) is 17.1 Å². The Morgan fingerprint density at radius 3 is 2.45 bits per heavy atom. The van der Waals surface area contributed by atoms with Gasteiger partial charge in [-0.25, -0.2) is 4.79 Å². The summed E-state index contributed by atoms with van der Waals surface area (Å²) in [6.07, 6.45) is 0. The van der Waals surface area contributed by atoms with Crippen molar-refractivity contribution in [2.45, 2.75) is 0 Å². The van der Waals surface area contributed by atoms with Gasteiger partial charge in [0.15, 0.2) is 6.61 Å². The molecule has 0 unspecified atom stereocenters. The van der Waals surface area contributed by atoms with E-state index in [0.29, 0.717) is 30.3 Å². The number of rotatable bonds is 10. The van der Waals surface area contributed by atoms with Crippen molar-refractivity contribution in [1.29, 1.82) is 0 Å². The number of nitrogens with zero attached hydrogens (tertiary/aromatic N) is 1. The highest BCUT2D eigenvalue weighted by Gasteiger charge is 2.19. The van der Waals surface area contributed by atoms with Gasteiger partial charge in [0.1, 0.15) is 5.75 Å². The van der Waals surface area contributed by atoms with Crippen molar-refractivity contribution >= 4 is 28.9 Å². The second-order valence-electron chi connectivity index (χ2n) is 5.76. The van der Waals surface area contributed by atoms with Crippen molar-refractivity contribution in [3.63, 3.8) is 0 Å².